The summed E-state index contributed by atoms with van der Waals surface area (Å²) < 4.78 is 18.3. The zero-order chi connectivity index (χ0) is 32.1. The molecule has 0 radical (unpaired) electrons. The van der Waals surface area contributed by atoms with Crippen molar-refractivity contribution in [2.24, 2.45) is 11.3 Å². The third-order valence-electron chi connectivity index (χ3n) is 9.09. The number of carbonyl (C=O) groups excluding carboxylic acids is 1. The number of carboxylic acids is 1. The molecule has 0 bridgehead atoms. The number of benzene rings is 2. The SMILES string of the molecule is CC(C)Oc1ccc(C2(CCN(Cc3ccc(O[C@H]4CC[C@H](C(=O)O)CC4)cc3)C(=O)C(C)(C)C)CCOC(C)(C)C2)cc1. The van der Waals surface area contributed by atoms with Gasteiger partial charge in [-0.05, 0) is 108 Å². The molecule has 0 aromatic heterocycles. The predicted molar refractivity (Wildman–Crippen MR) is 173 cm³/mol. The lowest BCUT2D eigenvalue weighted by molar-refractivity contribution is -0.143. The molecule has 7 nitrogen and oxygen atoms in total. The van der Waals surface area contributed by atoms with Gasteiger partial charge in [0.1, 0.15) is 11.5 Å². The van der Waals surface area contributed by atoms with E-state index < -0.39 is 11.4 Å². The largest absolute Gasteiger partial charge is 0.491 e. The van der Waals surface area contributed by atoms with Crippen LogP contribution in [-0.2, 0) is 26.3 Å². The minimum atomic E-state index is -0.706. The van der Waals surface area contributed by atoms with Gasteiger partial charge < -0.3 is 24.2 Å². The minimum absolute atomic E-state index is 0.0429. The van der Waals surface area contributed by atoms with E-state index in [-0.39, 0.29) is 35.0 Å². The van der Waals surface area contributed by atoms with Crippen molar-refractivity contribution < 1.29 is 28.9 Å². The number of rotatable bonds is 11. The monoisotopic (exact) mass is 607 g/mol. The molecule has 7 heteroatoms. The zero-order valence-corrected chi connectivity index (χ0v) is 27.9. The molecule has 1 aliphatic heterocycles. The van der Waals surface area contributed by atoms with Gasteiger partial charge in [-0.15, -0.1) is 0 Å². The number of carbonyl (C=O) groups is 2. The molecule has 2 fully saturated rings. The second-order valence-electron chi connectivity index (χ2n) is 14.8. The summed E-state index contributed by atoms with van der Waals surface area (Å²) in [5.41, 5.74) is 1.45. The van der Waals surface area contributed by atoms with Crippen LogP contribution in [0.1, 0.15) is 105 Å². The predicted octanol–water partition coefficient (Wildman–Crippen LogP) is 7.79. The Kier molecular flexibility index (Phi) is 10.7. The summed E-state index contributed by atoms with van der Waals surface area (Å²) in [6.07, 6.45) is 5.60. The molecule has 4 rings (SSSR count). The fourth-order valence-corrected chi connectivity index (χ4v) is 6.83. The normalized spacial score (nSPS) is 23.6. The van der Waals surface area contributed by atoms with E-state index in [2.05, 4.69) is 38.1 Å². The van der Waals surface area contributed by atoms with E-state index in [1.807, 2.05) is 63.8 Å². The third kappa shape index (κ3) is 8.99. The van der Waals surface area contributed by atoms with Crippen LogP contribution in [0.2, 0.25) is 0 Å². The van der Waals surface area contributed by atoms with Crippen molar-refractivity contribution in [3.05, 3.63) is 59.7 Å². The first-order valence-electron chi connectivity index (χ1n) is 16.3. The first-order valence-corrected chi connectivity index (χ1v) is 16.3. The van der Waals surface area contributed by atoms with Gasteiger partial charge in [-0.3, -0.25) is 9.59 Å². The van der Waals surface area contributed by atoms with Crippen LogP contribution in [-0.4, -0.2) is 52.8 Å². The zero-order valence-electron chi connectivity index (χ0n) is 27.9. The number of ether oxygens (including phenoxy) is 3. The fourth-order valence-electron chi connectivity index (χ4n) is 6.83. The van der Waals surface area contributed by atoms with Crippen molar-refractivity contribution in [3.63, 3.8) is 0 Å². The second-order valence-corrected chi connectivity index (χ2v) is 14.8. The van der Waals surface area contributed by atoms with Crippen LogP contribution in [0.3, 0.4) is 0 Å². The molecule has 1 heterocycles. The molecule has 1 amide bonds. The van der Waals surface area contributed by atoms with Crippen molar-refractivity contribution in [1.29, 1.82) is 0 Å². The van der Waals surface area contributed by atoms with Crippen LogP contribution in [0.25, 0.3) is 0 Å². The quantitative estimate of drug-likeness (QED) is 0.281. The summed E-state index contributed by atoms with van der Waals surface area (Å²) in [5.74, 6) is 0.829. The average molecular weight is 608 g/mol. The Balaban J connectivity index is 1.49. The number of hydrogen-bond acceptors (Lipinski definition) is 5. The molecule has 1 aliphatic carbocycles. The molecule has 44 heavy (non-hydrogen) atoms. The molecule has 2 aliphatic rings. The highest BCUT2D eigenvalue weighted by Crippen LogP contribution is 2.45. The van der Waals surface area contributed by atoms with Crippen LogP contribution in [0.5, 0.6) is 11.5 Å². The maximum absolute atomic E-state index is 13.8. The molecular weight excluding hydrogens is 554 g/mol. The number of hydrogen-bond donors (Lipinski definition) is 1. The summed E-state index contributed by atoms with van der Waals surface area (Å²) >= 11 is 0. The van der Waals surface area contributed by atoms with Gasteiger partial charge in [-0.2, -0.15) is 0 Å². The van der Waals surface area contributed by atoms with Gasteiger partial charge in [-0.1, -0.05) is 45.0 Å². The lowest BCUT2D eigenvalue weighted by Crippen LogP contribution is -2.47. The van der Waals surface area contributed by atoms with Crippen molar-refractivity contribution in [2.45, 2.75) is 123 Å². The second kappa shape index (κ2) is 13.9. The number of carboxylic acid groups (broad SMARTS) is 1. The van der Waals surface area contributed by atoms with E-state index in [0.717, 1.165) is 49.2 Å². The molecule has 2 aromatic rings. The molecular formula is C37H53NO6. The molecule has 242 valence electrons. The number of amides is 1. The van der Waals surface area contributed by atoms with E-state index >= 15 is 0 Å². The Bertz CT molecular complexity index is 1240. The van der Waals surface area contributed by atoms with Crippen molar-refractivity contribution >= 4 is 11.9 Å². The van der Waals surface area contributed by atoms with Crippen molar-refractivity contribution in [1.82, 2.24) is 4.90 Å². The van der Waals surface area contributed by atoms with Gasteiger partial charge in [0.15, 0.2) is 0 Å². The minimum Gasteiger partial charge on any atom is -0.491 e. The van der Waals surface area contributed by atoms with Crippen LogP contribution in [0.4, 0.5) is 0 Å². The Morgan fingerprint density at radius 1 is 0.977 bits per heavy atom. The molecule has 1 unspecified atom stereocenters. The molecule has 1 saturated carbocycles. The maximum Gasteiger partial charge on any atom is 0.306 e. The fraction of sp³-hybridized carbons (Fsp3) is 0.622. The van der Waals surface area contributed by atoms with E-state index in [1.165, 1.54) is 5.56 Å². The van der Waals surface area contributed by atoms with E-state index in [9.17, 15) is 14.7 Å². The molecule has 1 atom stereocenters. The molecule has 2 aromatic carbocycles. The van der Waals surface area contributed by atoms with Crippen molar-refractivity contribution in [2.75, 3.05) is 13.2 Å². The van der Waals surface area contributed by atoms with Crippen LogP contribution in [0, 0.1) is 11.3 Å². The topological polar surface area (TPSA) is 85.3 Å². The summed E-state index contributed by atoms with van der Waals surface area (Å²) in [7, 11) is 0. The van der Waals surface area contributed by atoms with E-state index in [1.54, 1.807) is 0 Å². The number of aliphatic carboxylic acids is 1. The van der Waals surface area contributed by atoms with Gasteiger partial charge in [0.25, 0.3) is 0 Å². The lowest BCUT2D eigenvalue weighted by Gasteiger charge is -2.46. The summed E-state index contributed by atoms with van der Waals surface area (Å²) in [6, 6.07) is 16.6. The van der Waals surface area contributed by atoms with Gasteiger partial charge in [0, 0.05) is 30.5 Å². The van der Waals surface area contributed by atoms with Crippen molar-refractivity contribution in [3.8, 4) is 11.5 Å². The Labute approximate surface area is 264 Å². The molecule has 0 spiro atoms. The standard InChI is InChI=1S/C37H53NO6/c1-26(2)43-30-18-12-29(13-19-30)37(21-23-42-36(6,7)25-37)20-22-38(34(41)35(3,4)5)24-27-8-14-31(15-9-27)44-32-16-10-28(11-17-32)33(39)40/h8-9,12-15,18-19,26,28,32H,10-11,16-17,20-25H2,1-7H3,(H,39,40)/t28-,32-,37?. The number of nitrogens with zero attached hydrogens (tertiary/aromatic N) is 1. The van der Waals surface area contributed by atoms with Gasteiger partial charge >= 0.3 is 5.97 Å². The van der Waals surface area contributed by atoms with Gasteiger partial charge in [-0.25, -0.2) is 0 Å². The highest BCUT2D eigenvalue weighted by atomic mass is 16.5. The third-order valence-corrected chi connectivity index (χ3v) is 9.09. The maximum atomic E-state index is 13.8. The van der Waals surface area contributed by atoms with Crippen LogP contribution in [0.15, 0.2) is 48.5 Å². The highest BCUT2D eigenvalue weighted by molar-refractivity contribution is 5.81. The molecule has 1 saturated heterocycles. The summed E-state index contributed by atoms with van der Waals surface area (Å²) in [5, 5.41) is 9.27. The van der Waals surface area contributed by atoms with Gasteiger partial charge in [0.2, 0.25) is 5.91 Å². The van der Waals surface area contributed by atoms with Crippen LogP contribution >= 0.6 is 0 Å². The smallest absolute Gasteiger partial charge is 0.306 e. The lowest BCUT2D eigenvalue weighted by atomic mass is 9.67. The first kappa shape index (κ1) is 33.8. The Morgan fingerprint density at radius 3 is 2.14 bits per heavy atom. The van der Waals surface area contributed by atoms with Gasteiger partial charge in [0.05, 0.1) is 23.7 Å². The van der Waals surface area contributed by atoms with Crippen LogP contribution < -0.4 is 9.47 Å². The summed E-state index contributed by atoms with van der Waals surface area (Å²) in [6.45, 7) is 16.2. The van der Waals surface area contributed by atoms with E-state index in [0.29, 0.717) is 32.5 Å². The summed E-state index contributed by atoms with van der Waals surface area (Å²) in [4.78, 5) is 27.1. The first-order chi connectivity index (χ1) is 20.7. The Morgan fingerprint density at radius 2 is 1.59 bits per heavy atom. The highest BCUT2D eigenvalue weighted by Gasteiger charge is 2.43. The van der Waals surface area contributed by atoms with E-state index in [4.69, 9.17) is 14.2 Å². The Hall–Kier alpha value is -3.06. The average Bonchev–Trinajstić information content (AvgIpc) is 2.95. The molecule has 1 N–H and O–H groups in total.